The Morgan fingerprint density at radius 1 is 0.971 bits per heavy atom. The van der Waals surface area contributed by atoms with Crippen LogP contribution in [0, 0.1) is 5.92 Å². The fraction of sp³-hybridized carbons (Fsp3) is 0.423. The molecule has 4 N–H and O–H groups in total. The fourth-order valence-electron chi connectivity index (χ4n) is 3.78. The van der Waals surface area contributed by atoms with E-state index in [0.29, 0.717) is 18.4 Å². The van der Waals surface area contributed by atoms with Gasteiger partial charge in [-0.3, -0.25) is 14.4 Å². The zero-order valence-electron chi connectivity index (χ0n) is 19.5. The fourth-order valence-corrected chi connectivity index (χ4v) is 3.78. The second kappa shape index (κ2) is 11.4. The monoisotopic (exact) mass is 468 g/mol. The van der Waals surface area contributed by atoms with Gasteiger partial charge in [0.15, 0.2) is 11.4 Å². The van der Waals surface area contributed by atoms with Crippen molar-refractivity contribution in [3.8, 4) is 0 Å². The summed E-state index contributed by atoms with van der Waals surface area (Å²) in [5.74, 6) is -1.51. The Balaban J connectivity index is 1.66. The molecule has 0 radical (unpaired) electrons. The Labute approximate surface area is 199 Å². The van der Waals surface area contributed by atoms with Gasteiger partial charge in [0.25, 0.3) is 5.91 Å². The molecule has 1 heterocycles. The van der Waals surface area contributed by atoms with Gasteiger partial charge in [-0.1, -0.05) is 56.3 Å². The minimum Gasteiger partial charge on any atom is -0.394 e. The molecule has 3 rings (SSSR count). The Morgan fingerprint density at radius 3 is 2.24 bits per heavy atom. The lowest BCUT2D eigenvalue weighted by Gasteiger charge is -2.24. The van der Waals surface area contributed by atoms with Gasteiger partial charge >= 0.3 is 0 Å². The molecule has 2 amide bonds. The molecule has 1 saturated heterocycles. The maximum absolute atomic E-state index is 12.8. The van der Waals surface area contributed by atoms with Gasteiger partial charge in [-0.25, -0.2) is 0 Å². The van der Waals surface area contributed by atoms with Gasteiger partial charge in [0.05, 0.1) is 25.9 Å². The predicted octanol–water partition coefficient (Wildman–Crippen LogP) is 1.23. The molecular formula is C26H32N2O6. The van der Waals surface area contributed by atoms with E-state index in [-0.39, 0.29) is 12.5 Å². The first-order valence-corrected chi connectivity index (χ1v) is 11.4. The lowest BCUT2D eigenvalue weighted by Crippen LogP contribution is -2.55. The highest BCUT2D eigenvalue weighted by atomic mass is 16.6. The Morgan fingerprint density at radius 2 is 1.65 bits per heavy atom. The Kier molecular flexibility index (Phi) is 8.55. The quantitative estimate of drug-likeness (QED) is 0.347. The van der Waals surface area contributed by atoms with Crippen LogP contribution >= 0.6 is 0 Å². The third kappa shape index (κ3) is 6.50. The number of hydrogen-bond acceptors (Lipinski definition) is 6. The number of amides is 2. The summed E-state index contributed by atoms with van der Waals surface area (Å²) in [6.45, 7) is 2.81. The molecule has 182 valence electrons. The van der Waals surface area contributed by atoms with Crippen LogP contribution in [0.15, 0.2) is 54.6 Å². The lowest BCUT2D eigenvalue weighted by atomic mass is 9.92. The molecule has 0 bridgehead atoms. The van der Waals surface area contributed by atoms with Crippen LogP contribution < -0.4 is 10.6 Å². The van der Waals surface area contributed by atoms with Crippen LogP contribution in [0.25, 0.3) is 0 Å². The topological polar surface area (TPSA) is 128 Å². The SMILES string of the molecule is CC(C)C[C@H](NC(=O)[C@H](CO)NC(=O)c1cccc(Cc2ccccc2)c1)C(=O)[C@]1(CO)CO1. The number of rotatable bonds is 12. The van der Waals surface area contributed by atoms with E-state index in [4.69, 9.17) is 4.74 Å². The minimum absolute atomic E-state index is 0.0817. The van der Waals surface area contributed by atoms with Crippen LogP contribution in [0.4, 0.5) is 0 Å². The van der Waals surface area contributed by atoms with Gasteiger partial charge in [0, 0.05) is 5.56 Å². The summed E-state index contributed by atoms with van der Waals surface area (Å²) in [6, 6.07) is 14.8. The van der Waals surface area contributed by atoms with Crippen molar-refractivity contribution in [3.05, 3.63) is 71.3 Å². The summed E-state index contributed by atoms with van der Waals surface area (Å²) in [7, 11) is 0. The molecule has 34 heavy (non-hydrogen) atoms. The summed E-state index contributed by atoms with van der Waals surface area (Å²) in [4.78, 5) is 38.5. The van der Waals surface area contributed by atoms with Gasteiger partial charge in [-0.15, -0.1) is 0 Å². The van der Waals surface area contributed by atoms with Crippen molar-refractivity contribution < 1.29 is 29.3 Å². The molecule has 2 aromatic rings. The Hall–Kier alpha value is -3.07. The standard InChI is InChI=1S/C26H32N2O6/c1-17(2)11-21(23(31)26(15-30)16-34-26)27-25(33)22(14-29)28-24(32)20-10-6-9-19(13-20)12-18-7-4-3-5-8-18/h3-10,13,17,21-22,29-30H,11-12,14-16H2,1-2H3,(H,27,33)(H,28,32)/t21-,22-,26-/m0/s1. The first-order valence-electron chi connectivity index (χ1n) is 11.4. The molecule has 0 aromatic heterocycles. The second-order valence-electron chi connectivity index (χ2n) is 9.07. The molecular weight excluding hydrogens is 436 g/mol. The second-order valence-corrected chi connectivity index (χ2v) is 9.07. The van der Waals surface area contributed by atoms with E-state index in [1.807, 2.05) is 50.2 Å². The zero-order chi connectivity index (χ0) is 24.7. The van der Waals surface area contributed by atoms with Gasteiger partial charge in [0.2, 0.25) is 5.91 Å². The van der Waals surface area contributed by atoms with Crippen molar-refractivity contribution in [2.24, 2.45) is 5.92 Å². The van der Waals surface area contributed by atoms with Crippen LogP contribution in [0.1, 0.15) is 41.8 Å². The summed E-state index contributed by atoms with van der Waals surface area (Å²) in [6.07, 6.45) is 0.989. The van der Waals surface area contributed by atoms with Gasteiger partial charge in [-0.2, -0.15) is 0 Å². The van der Waals surface area contributed by atoms with Crippen molar-refractivity contribution >= 4 is 17.6 Å². The third-order valence-corrected chi connectivity index (χ3v) is 5.78. The van der Waals surface area contributed by atoms with Crippen LogP contribution in [-0.2, 0) is 20.7 Å². The molecule has 0 spiro atoms. The molecule has 1 aliphatic rings. The number of hydrogen-bond donors (Lipinski definition) is 4. The number of ketones is 1. The molecule has 0 saturated carbocycles. The smallest absolute Gasteiger partial charge is 0.252 e. The average Bonchev–Trinajstić information content (AvgIpc) is 3.63. The van der Waals surface area contributed by atoms with Crippen molar-refractivity contribution in [3.63, 3.8) is 0 Å². The minimum atomic E-state index is -1.27. The van der Waals surface area contributed by atoms with Crippen LogP contribution in [0.5, 0.6) is 0 Å². The number of aliphatic hydroxyl groups is 2. The highest BCUT2D eigenvalue weighted by Crippen LogP contribution is 2.30. The number of nitrogens with one attached hydrogen (secondary N) is 2. The van der Waals surface area contributed by atoms with E-state index in [0.717, 1.165) is 11.1 Å². The molecule has 8 nitrogen and oxygen atoms in total. The third-order valence-electron chi connectivity index (χ3n) is 5.78. The highest BCUT2D eigenvalue weighted by Gasteiger charge is 2.54. The number of Topliss-reactive ketones (excluding diaryl/α,β-unsaturated/α-hetero) is 1. The summed E-state index contributed by atoms with van der Waals surface area (Å²) >= 11 is 0. The summed E-state index contributed by atoms with van der Waals surface area (Å²) in [5.41, 5.74) is 1.13. The predicted molar refractivity (Wildman–Crippen MR) is 126 cm³/mol. The van der Waals surface area contributed by atoms with E-state index in [9.17, 15) is 24.6 Å². The molecule has 1 fully saturated rings. The van der Waals surface area contributed by atoms with E-state index >= 15 is 0 Å². The van der Waals surface area contributed by atoms with Crippen LogP contribution in [-0.4, -0.2) is 65.3 Å². The van der Waals surface area contributed by atoms with Gasteiger partial charge in [0.1, 0.15) is 6.04 Å². The molecule has 8 heteroatoms. The molecule has 3 atom stereocenters. The number of ether oxygens (including phenoxy) is 1. The van der Waals surface area contributed by atoms with Gasteiger partial charge in [-0.05, 0) is 42.0 Å². The average molecular weight is 469 g/mol. The normalized spacial score (nSPS) is 18.7. The van der Waals surface area contributed by atoms with Crippen molar-refractivity contribution in [1.29, 1.82) is 0 Å². The number of carbonyl (C=O) groups excluding carboxylic acids is 3. The van der Waals surface area contributed by atoms with Crippen LogP contribution in [0.3, 0.4) is 0 Å². The first-order chi connectivity index (χ1) is 16.3. The zero-order valence-corrected chi connectivity index (χ0v) is 19.5. The van der Waals surface area contributed by atoms with Gasteiger partial charge < -0.3 is 25.6 Å². The van der Waals surface area contributed by atoms with E-state index in [1.165, 1.54) is 0 Å². The largest absolute Gasteiger partial charge is 0.394 e. The van der Waals surface area contributed by atoms with Crippen LogP contribution in [0.2, 0.25) is 0 Å². The molecule has 0 unspecified atom stereocenters. The summed E-state index contributed by atoms with van der Waals surface area (Å²) < 4.78 is 5.14. The number of aliphatic hydroxyl groups excluding tert-OH is 2. The van der Waals surface area contributed by atoms with E-state index < -0.39 is 48.5 Å². The maximum atomic E-state index is 12.8. The first kappa shape index (κ1) is 25.6. The molecule has 2 aromatic carbocycles. The van der Waals surface area contributed by atoms with Crippen molar-refractivity contribution in [2.45, 2.75) is 44.4 Å². The Bertz CT molecular complexity index is 1000. The van der Waals surface area contributed by atoms with E-state index in [1.54, 1.807) is 18.2 Å². The van der Waals surface area contributed by atoms with Crippen molar-refractivity contribution in [2.75, 3.05) is 19.8 Å². The maximum Gasteiger partial charge on any atom is 0.252 e. The van der Waals surface area contributed by atoms with E-state index in [2.05, 4.69) is 10.6 Å². The number of benzene rings is 2. The van der Waals surface area contributed by atoms with Crippen molar-refractivity contribution in [1.82, 2.24) is 10.6 Å². The molecule has 1 aliphatic heterocycles. The number of epoxide rings is 1. The number of carbonyl (C=O) groups is 3. The molecule has 0 aliphatic carbocycles. The summed E-state index contributed by atoms with van der Waals surface area (Å²) in [5, 5.41) is 24.4. The lowest BCUT2D eigenvalue weighted by molar-refractivity contribution is -0.133. The highest BCUT2D eigenvalue weighted by molar-refractivity contribution is 6.00.